The van der Waals surface area contributed by atoms with Crippen LogP contribution in [0.25, 0.3) is 0 Å². The molecule has 0 spiro atoms. The fourth-order valence-electron chi connectivity index (χ4n) is 3.07. The number of ether oxygens (including phenoxy) is 1. The summed E-state index contributed by atoms with van der Waals surface area (Å²) >= 11 is 0. The molecule has 0 bridgehead atoms. The number of anilines is 2. The van der Waals surface area contributed by atoms with Crippen molar-refractivity contribution >= 4 is 23.5 Å². The molecule has 11 heteroatoms. The molecular weight excluding hydrogens is 415 g/mol. The zero-order valence-corrected chi connectivity index (χ0v) is 16.6. The van der Waals surface area contributed by atoms with Gasteiger partial charge in [0.15, 0.2) is 6.61 Å². The van der Waals surface area contributed by atoms with Crippen LogP contribution in [0.3, 0.4) is 0 Å². The van der Waals surface area contributed by atoms with Gasteiger partial charge in [-0.15, -0.1) is 0 Å². The number of nitrogens with one attached hydrogen (secondary N) is 1. The number of rotatable bonds is 7. The summed E-state index contributed by atoms with van der Waals surface area (Å²) in [5.41, 5.74) is -0.244. The second-order valence-electron chi connectivity index (χ2n) is 6.83. The van der Waals surface area contributed by atoms with Gasteiger partial charge in [0.2, 0.25) is 5.95 Å². The number of hydrogen-bond donors (Lipinski definition) is 1. The Kier molecular flexibility index (Phi) is 7.27. The number of nitrogens with zero attached hydrogens (tertiary/aromatic N) is 4. The number of carbonyl (C=O) groups is 2. The summed E-state index contributed by atoms with van der Waals surface area (Å²) in [5, 5.41) is 2.87. The molecule has 1 amide bonds. The Bertz CT molecular complexity index is 887. The van der Waals surface area contributed by atoms with Crippen LogP contribution < -0.4 is 10.2 Å². The summed E-state index contributed by atoms with van der Waals surface area (Å²) in [4.78, 5) is 35.3. The van der Waals surface area contributed by atoms with Gasteiger partial charge in [-0.25, -0.2) is 9.97 Å². The van der Waals surface area contributed by atoms with Crippen LogP contribution in [0.4, 0.5) is 24.8 Å². The van der Waals surface area contributed by atoms with Gasteiger partial charge in [0.05, 0.1) is 12.0 Å². The maximum atomic E-state index is 12.9. The Balaban J connectivity index is 1.38. The van der Waals surface area contributed by atoms with Crippen molar-refractivity contribution in [2.45, 2.75) is 12.6 Å². The summed E-state index contributed by atoms with van der Waals surface area (Å²) in [6.07, 6.45) is -1.21. The number of alkyl halides is 3. The highest BCUT2D eigenvalue weighted by Crippen LogP contribution is 2.31. The van der Waals surface area contributed by atoms with Gasteiger partial charge in [-0.1, -0.05) is 6.07 Å². The van der Waals surface area contributed by atoms with Gasteiger partial charge in [-0.2, -0.15) is 13.2 Å². The van der Waals surface area contributed by atoms with Crippen molar-refractivity contribution in [1.29, 1.82) is 0 Å². The SMILES string of the molecule is O=C(CCNc1ncccn1)OCC(=O)N1CCN(c2cccc(C(F)(F)F)c2)CC1. The standard InChI is InChI=1S/C20H22F3N5O3/c21-20(22,23)15-3-1-4-16(13-15)27-9-11-28(12-10-27)17(29)14-31-18(30)5-8-26-19-24-6-2-7-25-19/h1-4,6-7,13H,5,8-12,14H2,(H,24,25,26). The minimum Gasteiger partial charge on any atom is -0.456 e. The number of hydrogen-bond acceptors (Lipinski definition) is 7. The van der Waals surface area contributed by atoms with Crippen LogP contribution in [-0.4, -0.2) is 66.1 Å². The van der Waals surface area contributed by atoms with Gasteiger partial charge in [-0.3, -0.25) is 9.59 Å². The average molecular weight is 437 g/mol. The quantitative estimate of drug-likeness (QED) is 0.665. The second kappa shape index (κ2) is 10.1. The van der Waals surface area contributed by atoms with E-state index in [1.165, 1.54) is 11.0 Å². The topological polar surface area (TPSA) is 87.7 Å². The van der Waals surface area contributed by atoms with Crippen molar-refractivity contribution < 1.29 is 27.5 Å². The van der Waals surface area contributed by atoms with E-state index in [2.05, 4.69) is 15.3 Å². The summed E-state index contributed by atoms with van der Waals surface area (Å²) in [5.74, 6) is -0.471. The first-order valence-corrected chi connectivity index (χ1v) is 9.69. The predicted octanol–water partition coefficient (Wildman–Crippen LogP) is 2.19. The van der Waals surface area contributed by atoms with Gasteiger partial charge < -0.3 is 19.9 Å². The molecule has 2 aromatic rings. The van der Waals surface area contributed by atoms with E-state index in [4.69, 9.17) is 4.74 Å². The molecule has 0 unspecified atom stereocenters. The number of aromatic nitrogens is 2. The van der Waals surface area contributed by atoms with E-state index in [0.717, 1.165) is 12.1 Å². The summed E-state index contributed by atoms with van der Waals surface area (Å²) in [7, 11) is 0. The van der Waals surface area contributed by atoms with Crippen LogP contribution in [0.15, 0.2) is 42.7 Å². The first-order chi connectivity index (χ1) is 14.8. The Hall–Kier alpha value is -3.37. The Morgan fingerprint density at radius 3 is 2.45 bits per heavy atom. The van der Waals surface area contributed by atoms with E-state index in [1.807, 2.05) is 0 Å². The summed E-state index contributed by atoms with van der Waals surface area (Å²) in [6, 6.07) is 6.79. The number of carbonyl (C=O) groups excluding carboxylic acids is 2. The third-order valence-electron chi connectivity index (χ3n) is 4.71. The number of benzene rings is 1. The molecule has 0 atom stereocenters. The molecule has 1 aromatic heterocycles. The molecule has 0 aliphatic carbocycles. The lowest BCUT2D eigenvalue weighted by Crippen LogP contribution is -2.50. The largest absolute Gasteiger partial charge is 0.456 e. The van der Waals surface area contributed by atoms with Crippen LogP contribution in [0.2, 0.25) is 0 Å². The molecule has 166 valence electrons. The zero-order chi connectivity index (χ0) is 22.3. The maximum Gasteiger partial charge on any atom is 0.416 e. The average Bonchev–Trinajstić information content (AvgIpc) is 2.78. The lowest BCUT2D eigenvalue weighted by Gasteiger charge is -2.36. The Labute approximate surface area is 177 Å². The Morgan fingerprint density at radius 1 is 1.06 bits per heavy atom. The normalized spacial score (nSPS) is 14.3. The third-order valence-corrected chi connectivity index (χ3v) is 4.71. The van der Waals surface area contributed by atoms with Crippen molar-refractivity contribution in [3.63, 3.8) is 0 Å². The predicted molar refractivity (Wildman–Crippen MR) is 106 cm³/mol. The van der Waals surface area contributed by atoms with Crippen LogP contribution >= 0.6 is 0 Å². The zero-order valence-electron chi connectivity index (χ0n) is 16.6. The lowest BCUT2D eigenvalue weighted by atomic mass is 10.1. The minimum atomic E-state index is -4.40. The number of amides is 1. The number of halogens is 3. The highest BCUT2D eigenvalue weighted by atomic mass is 19.4. The van der Waals surface area contributed by atoms with Gasteiger partial charge in [0.25, 0.3) is 5.91 Å². The fraction of sp³-hybridized carbons (Fsp3) is 0.400. The minimum absolute atomic E-state index is 0.0505. The molecule has 31 heavy (non-hydrogen) atoms. The van der Waals surface area contributed by atoms with Gasteiger partial charge in [0.1, 0.15) is 0 Å². The molecule has 1 aliphatic heterocycles. The molecular formula is C20H22F3N5O3. The highest BCUT2D eigenvalue weighted by Gasteiger charge is 2.31. The van der Waals surface area contributed by atoms with E-state index in [9.17, 15) is 22.8 Å². The number of esters is 1. The molecule has 3 rings (SSSR count). The smallest absolute Gasteiger partial charge is 0.416 e. The molecule has 1 aromatic carbocycles. The van der Waals surface area contributed by atoms with E-state index in [0.29, 0.717) is 37.8 Å². The molecule has 1 aliphatic rings. The molecule has 1 fully saturated rings. The van der Waals surface area contributed by atoms with Crippen molar-refractivity contribution in [3.8, 4) is 0 Å². The van der Waals surface area contributed by atoms with Gasteiger partial charge in [0, 0.05) is 50.8 Å². The fourth-order valence-corrected chi connectivity index (χ4v) is 3.07. The maximum absolute atomic E-state index is 12.9. The van der Waals surface area contributed by atoms with Crippen molar-refractivity contribution in [1.82, 2.24) is 14.9 Å². The molecule has 2 heterocycles. The van der Waals surface area contributed by atoms with Gasteiger partial charge in [-0.05, 0) is 24.3 Å². The third kappa shape index (κ3) is 6.56. The highest BCUT2D eigenvalue weighted by molar-refractivity contribution is 5.81. The van der Waals surface area contributed by atoms with Crippen LogP contribution in [0, 0.1) is 0 Å². The molecule has 0 saturated carbocycles. The van der Waals surface area contributed by atoms with Crippen LogP contribution in [0.1, 0.15) is 12.0 Å². The van der Waals surface area contributed by atoms with E-state index in [-0.39, 0.29) is 25.5 Å². The van der Waals surface area contributed by atoms with E-state index in [1.54, 1.807) is 29.4 Å². The van der Waals surface area contributed by atoms with Crippen molar-refractivity contribution in [2.75, 3.05) is 49.5 Å². The summed E-state index contributed by atoms with van der Waals surface area (Å²) < 4.78 is 43.7. The first-order valence-electron chi connectivity index (χ1n) is 9.69. The molecule has 8 nitrogen and oxygen atoms in total. The monoisotopic (exact) mass is 437 g/mol. The van der Waals surface area contributed by atoms with Crippen LogP contribution in [-0.2, 0) is 20.5 Å². The van der Waals surface area contributed by atoms with Crippen molar-refractivity contribution in [2.24, 2.45) is 0 Å². The van der Waals surface area contributed by atoms with Gasteiger partial charge >= 0.3 is 12.1 Å². The second-order valence-corrected chi connectivity index (χ2v) is 6.83. The van der Waals surface area contributed by atoms with Crippen molar-refractivity contribution in [3.05, 3.63) is 48.3 Å². The van der Waals surface area contributed by atoms with Crippen LogP contribution in [0.5, 0.6) is 0 Å². The molecule has 0 radical (unpaired) electrons. The molecule has 1 N–H and O–H groups in total. The van der Waals surface area contributed by atoms with E-state index >= 15 is 0 Å². The van der Waals surface area contributed by atoms with E-state index < -0.39 is 17.7 Å². The Morgan fingerprint density at radius 2 is 1.77 bits per heavy atom. The first kappa shape index (κ1) is 22.3. The molecule has 1 saturated heterocycles. The number of piperazine rings is 1. The summed E-state index contributed by atoms with van der Waals surface area (Å²) in [6.45, 7) is 1.35. The lowest BCUT2D eigenvalue weighted by molar-refractivity contribution is -0.151.